The fourth-order valence-corrected chi connectivity index (χ4v) is 3.83. The first-order chi connectivity index (χ1) is 8.16. The summed E-state index contributed by atoms with van der Waals surface area (Å²) in [4.78, 5) is 13.0. The molecule has 86 valence electrons. The van der Waals surface area contributed by atoms with Crippen LogP contribution in [0.5, 0.6) is 0 Å². The van der Waals surface area contributed by atoms with Crippen molar-refractivity contribution in [3.05, 3.63) is 55.1 Å². The van der Waals surface area contributed by atoms with Crippen LogP contribution in [0.3, 0.4) is 0 Å². The van der Waals surface area contributed by atoms with Crippen LogP contribution < -0.4 is 0 Å². The van der Waals surface area contributed by atoms with Gasteiger partial charge in [-0.15, -0.1) is 11.3 Å². The van der Waals surface area contributed by atoms with Crippen LogP contribution >= 0.6 is 38.9 Å². The van der Waals surface area contributed by atoms with Gasteiger partial charge in [0.25, 0.3) is 0 Å². The molecular weight excluding hydrogens is 320 g/mol. The maximum Gasteiger partial charge on any atom is 0.180 e. The van der Waals surface area contributed by atoms with Crippen molar-refractivity contribution in [2.24, 2.45) is 0 Å². The van der Waals surface area contributed by atoms with Crippen molar-refractivity contribution in [3.8, 4) is 0 Å². The topological polar surface area (TPSA) is 17.1 Å². The fraction of sp³-hybridized carbons (Fsp3) is 0.154. The molecule has 0 spiro atoms. The highest BCUT2D eigenvalue weighted by Crippen LogP contribution is 2.40. The Morgan fingerprint density at radius 2 is 2.18 bits per heavy atom. The molecule has 0 bridgehead atoms. The van der Waals surface area contributed by atoms with Gasteiger partial charge in [0.1, 0.15) is 4.34 Å². The number of fused-ring (bicyclic) bond motifs is 1. The smallest absolute Gasteiger partial charge is 0.180 e. The predicted molar refractivity (Wildman–Crippen MR) is 74.2 cm³/mol. The lowest BCUT2D eigenvalue weighted by Crippen LogP contribution is -2.24. The van der Waals surface area contributed by atoms with Gasteiger partial charge >= 0.3 is 0 Å². The van der Waals surface area contributed by atoms with Crippen LogP contribution in [-0.4, -0.2) is 5.78 Å². The van der Waals surface area contributed by atoms with Gasteiger partial charge in [-0.2, -0.15) is 0 Å². The molecule has 0 fully saturated rings. The minimum Gasteiger partial charge on any atom is -0.293 e. The van der Waals surface area contributed by atoms with E-state index in [0.717, 1.165) is 21.3 Å². The predicted octanol–water partition coefficient (Wildman–Crippen LogP) is 4.69. The molecule has 1 atom stereocenters. The largest absolute Gasteiger partial charge is 0.293 e. The first-order valence-electron chi connectivity index (χ1n) is 5.23. The molecule has 1 aromatic heterocycles. The minimum atomic E-state index is 0.0211. The number of benzene rings is 1. The number of thiophene rings is 1. The van der Waals surface area contributed by atoms with Crippen LogP contribution in [0.15, 0.2) is 34.8 Å². The Kier molecular flexibility index (Phi) is 2.85. The maximum atomic E-state index is 12.3. The minimum absolute atomic E-state index is 0.0211. The molecule has 4 heteroatoms. The molecule has 1 nitrogen and oxygen atoms in total. The molecule has 0 amide bonds. The van der Waals surface area contributed by atoms with E-state index in [1.165, 1.54) is 16.9 Å². The summed E-state index contributed by atoms with van der Waals surface area (Å²) in [5.74, 6) is 0.203. The Hall–Kier alpha value is -0.640. The normalized spacial score (nSPS) is 17.4. The second-order valence-electron chi connectivity index (χ2n) is 4.05. The van der Waals surface area contributed by atoms with Crippen LogP contribution in [-0.2, 0) is 6.42 Å². The Bertz CT molecular complexity index is 586. The zero-order chi connectivity index (χ0) is 12.0. The molecule has 2 aromatic rings. The van der Waals surface area contributed by atoms with Crippen LogP contribution in [0.25, 0.3) is 0 Å². The monoisotopic (exact) mass is 326 g/mol. The van der Waals surface area contributed by atoms with Gasteiger partial charge in [0.05, 0.1) is 10.8 Å². The lowest BCUT2D eigenvalue weighted by Gasteiger charge is -2.28. The van der Waals surface area contributed by atoms with E-state index in [1.807, 2.05) is 24.3 Å². The van der Waals surface area contributed by atoms with Crippen molar-refractivity contribution >= 4 is 44.7 Å². The Labute approximate surface area is 117 Å². The molecule has 1 aromatic carbocycles. The van der Waals surface area contributed by atoms with E-state index >= 15 is 0 Å². The molecule has 1 unspecified atom stereocenters. The summed E-state index contributed by atoms with van der Waals surface area (Å²) in [6.07, 6.45) is 0.849. The summed E-state index contributed by atoms with van der Waals surface area (Å²) in [6, 6.07) is 9.92. The molecule has 17 heavy (non-hydrogen) atoms. The van der Waals surface area contributed by atoms with Crippen molar-refractivity contribution in [2.45, 2.75) is 12.3 Å². The number of rotatable bonds is 2. The van der Waals surface area contributed by atoms with Gasteiger partial charge in [0.2, 0.25) is 0 Å². The van der Waals surface area contributed by atoms with Crippen LogP contribution in [0.4, 0.5) is 0 Å². The van der Waals surface area contributed by atoms with Gasteiger partial charge in [-0.3, -0.25) is 4.79 Å². The molecule has 0 aliphatic heterocycles. The van der Waals surface area contributed by atoms with Crippen LogP contribution in [0.2, 0.25) is 4.34 Å². The molecule has 1 aliphatic rings. The quantitative estimate of drug-likeness (QED) is 0.732. The highest BCUT2D eigenvalue weighted by Gasteiger charge is 2.33. The number of hydrogen-bond donors (Lipinski definition) is 0. The third-order valence-corrected chi connectivity index (χ3v) is 5.55. The van der Waals surface area contributed by atoms with Gasteiger partial charge in [-0.05, 0) is 39.5 Å². The number of halogens is 2. The Morgan fingerprint density at radius 3 is 2.82 bits per heavy atom. The summed E-state index contributed by atoms with van der Waals surface area (Å²) < 4.78 is 1.45. The summed E-state index contributed by atoms with van der Waals surface area (Å²) in [5, 5.41) is 0. The van der Waals surface area contributed by atoms with Gasteiger partial charge in [0, 0.05) is 4.47 Å². The van der Waals surface area contributed by atoms with Crippen molar-refractivity contribution in [2.75, 3.05) is 0 Å². The average molecular weight is 328 g/mol. The second kappa shape index (κ2) is 4.23. The lowest BCUT2D eigenvalue weighted by molar-refractivity contribution is 0.0953. The van der Waals surface area contributed by atoms with E-state index in [4.69, 9.17) is 11.6 Å². The van der Waals surface area contributed by atoms with Crippen molar-refractivity contribution in [1.82, 2.24) is 0 Å². The summed E-state index contributed by atoms with van der Waals surface area (Å²) in [6.45, 7) is 0. The maximum absolute atomic E-state index is 12.3. The number of carbonyl (C=O) groups is 1. The number of hydrogen-bond acceptors (Lipinski definition) is 2. The third kappa shape index (κ3) is 1.86. The summed E-state index contributed by atoms with van der Waals surface area (Å²) in [5.41, 5.74) is 2.45. The van der Waals surface area contributed by atoms with Crippen LogP contribution in [0.1, 0.15) is 26.7 Å². The van der Waals surface area contributed by atoms with E-state index in [1.54, 1.807) is 0 Å². The van der Waals surface area contributed by atoms with Gasteiger partial charge in [-0.1, -0.05) is 35.9 Å². The zero-order valence-corrected chi connectivity index (χ0v) is 11.9. The van der Waals surface area contributed by atoms with Crippen molar-refractivity contribution in [3.63, 3.8) is 0 Å². The summed E-state index contributed by atoms with van der Waals surface area (Å²) >= 11 is 10.6. The molecule has 1 heterocycles. The van der Waals surface area contributed by atoms with Gasteiger partial charge < -0.3 is 0 Å². The highest BCUT2D eigenvalue weighted by atomic mass is 79.9. The summed E-state index contributed by atoms with van der Waals surface area (Å²) in [7, 11) is 0. The zero-order valence-electron chi connectivity index (χ0n) is 8.74. The standard InChI is InChI=1S/C13H8BrClOS/c14-10-6-11(17-13(10)15)12(16)9-5-7-3-1-2-4-8(7)9/h1-4,6,9H,5H2. The number of carbonyl (C=O) groups excluding carboxylic acids is 1. The molecule has 3 rings (SSSR count). The molecule has 0 radical (unpaired) electrons. The van der Waals surface area contributed by atoms with E-state index in [9.17, 15) is 4.79 Å². The first kappa shape index (κ1) is 11.5. The average Bonchev–Trinajstić information content (AvgIpc) is 2.61. The van der Waals surface area contributed by atoms with Gasteiger partial charge in [0.15, 0.2) is 5.78 Å². The van der Waals surface area contributed by atoms with E-state index in [0.29, 0.717) is 4.34 Å². The molecular formula is C13H8BrClOS. The lowest BCUT2D eigenvalue weighted by atomic mass is 9.75. The van der Waals surface area contributed by atoms with Crippen molar-refractivity contribution < 1.29 is 4.79 Å². The molecule has 0 saturated heterocycles. The highest BCUT2D eigenvalue weighted by molar-refractivity contribution is 9.10. The van der Waals surface area contributed by atoms with E-state index in [2.05, 4.69) is 22.0 Å². The Morgan fingerprint density at radius 1 is 1.41 bits per heavy atom. The van der Waals surface area contributed by atoms with Crippen LogP contribution in [0, 0.1) is 0 Å². The van der Waals surface area contributed by atoms with E-state index in [-0.39, 0.29) is 11.7 Å². The molecule has 1 aliphatic carbocycles. The molecule has 0 saturated carbocycles. The number of Topliss-reactive ketones (excluding diaryl/α,β-unsaturated/α-hetero) is 1. The van der Waals surface area contributed by atoms with E-state index < -0.39 is 0 Å². The molecule has 0 N–H and O–H groups in total. The van der Waals surface area contributed by atoms with Gasteiger partial charge in [-0.25, -0.2) is 0 Å². The van der Waals surface area contributed by atoms with Crippen molar-refractivity contribution in [1.29, 1.82) is 0 Å². The number of ketones is 1. The Balaban J connectivity index is 1.91. The SMILES string of the molecule is O=C(c1cc(Br)c(Cl)s1)C1Cc2ccccc21. The first-order valence-corrected chi connectivity index (χ1v) is 7.22. The fourth-order valence-electron chi connectivity index (χ4n) is 2.13. The third-order valence-electron chi connectivity index (χ3n) is 3.06. The second-order valence-corrected chi connectivity index (χ2v) is 6.56.